The molecule has 0 spiro atoms. The van der Waals surface area contributed by atoms with Crippen LogP contribution in [-0.2, 0) is 16.1 Å². The van der Waals surface area contributed by atoms with E-state index in [1.807, 2.05) is 24.3 Å². The zero-order chi connectivity index (χ0) is 13.7. The van der Waals surface area contributed by atoms with Gasteiger partial charge >= 0.3 is 0 Å². The van der Waals surface area contributed by atoms with Crippen LogP contribution in [0.2, 0.25) is 0 Å². The molecular formula is C14H20N2O3. The van der Waals surface area contributed by atoms with Crippen molar-refractivity contribution < 1.29 is 14.6 Å². The number of ether oxygens (including phenoxy) is 1. The van der Waals surface area contributed by atoms with Crippen LogP contribution in [0.3, 0.4) is 0 Å². The third kappa shape index (κ3) is 4.02. The zero-order valence-electron chi connectivity index (χ0n) is 11.1. The maximum atomic E-state index is 11.2. The number of aliphatic hydroxyl groups is 1. The number of aliphatic hydroxyl groups excluding tert-OH is 1. The van der Waals surface area contributed by atoms with Gasteiger partial charge in [-0.05, 0) is 11.6 Å². The molecular weight excluding hydrogens is 244 g/mol. The Kier molecular flexibility index (Phi) is 4.90. The van der Waals surface area contributed by atoms with Crippen LogP contribution in [0.1, 0.15) is 12.5 Å². The molecule has 0 aromatic heterocycles. The van der Waals surface area contributed by atoms with E-state index in [4.69, 9.17) is 9.84 Å². The molecule has 1 saturated heterocycles. The Hall–Kier alpha value is -1.43. The smallest absolute Gasteiger partial charge is 0.221 e. The van der Waals surface area contributed by atoms with Crippen molar-refractivity contribution >= 4 is 11.6 Å². The van der Waals surface area contributed by atoms with E-state index in [1.165, 1.54) is 6.92 Å². The van der Waals surface area contributed by atoms with Gasteiger partial charge in [-0.15, -0.1) is 0 Å². The van der Waals surface area contributed by atoms with Gasteiger partial charge in [0, 0.05) is 32.2 Å². The molecule has 5 heteroatoms. The van der Waals surface area contributed by atoms with Crippen LogP contribution in [0.15, 0.2) is 24.3 Å². The van der Waals surface area contributed by atoms with Gasteiger partial charge in [0.05, 0.1) is 19.3 Å². The molecule has 1 amide bonds. The van der Waals surface area contributed by atoms with Crippen molar-refractivity contribution in [1.29, 1.82) is 0 Å². The summed E-state index contributed by atoms with van der Waals surface area (Å²) in [5.74, 6) is -0.0670. The summed E-state index contributed by atoms with van der Waals surface area (Å²) in [5, 5.41) is 12.0. The van der Waals surface area contributed by atoms with E-state index < -0.39 is 0 Å². The van der Waals surface area contributed by atoms with Gasteiger partial charge in [-0.25, -0.2) is 0 Å². The summed E-state index contributed by atoms with van der Waals surface area (Å²) >= 11 is 0. The van der Waals surface area contributed by atoms with Crippen molar-refractivity contribution in [2.45, 2.75) is 19.6 Å². The van der Waals surface area contributed by atoms with Crippen molar-refractivity contribution in [3.8, 4) is 0 Å². The number of carbonyl (C=O) groups is 1. The second-order valence-corrected chi connectivity index (χ2v) is 4.75. The summed E-state index contributed by atoms with van der Waals surface area (Å²) < 4.78 is 5.43. The first-order valence-corrected chi connectivity index (χ1v) is 6.49. The third-order valence-corrected chi connectivity index (χ3v) is 3.15. The number of carbonyl (C=O) groups excluding carboxylic acids is 1. The van der Waals surface area contributed by atoms with E-state index in [9.17, 15) is 4.79 Å². The fraction of sp³-hybridized carbons (Fsp3) is 0.500. The second kappa shape index (κ2) is 6.65. The van der Waals surface area contributed by atoms with Gasteiger partial charge in [0.25, 0.3) is 0 Å². The number of rotatable bonds is 4. The molecule has 1 fully saturated rings. The summed E-state index contributed by atoms with van der Waals surface area (Å²) in [4.78, 5) is 13.4. The van der Waals surface area contributed by atoms with Gasteiger partial charge in [0.2, 0.25) is 5.91 Å². The number of benzene rings is 1. The van der Waals surface area contributed by atoms with Crippen molar-refractivity contribution in [1.82, 2.24) is 4.90 Å². The molecule has 0 radical (unpaired) electrons. The summed E-state index contributed by atoms with van der Waals surface area (Å²) in [6.45, 7) is 4.48. The molecule has 1 aliphatic rings. The van der Waals surface area contributed by atoms with Crippen molar-refractivity contribution in [2.24, 2.45) is 0 Å². The number of nitrogens with one attached hydrogen (secondary N) is 1. The third-order valence-electron chi connectivity index (χ3n) is 3.15. The highest BCUT2D eigenvalue weighted by molar-refractivity contribution is 5.89. The van der Waals surface area contributed by atoms with Crippen LogP contribution in [0, 0.1) is 0 Å². The molecule has 0 aliphatic carbocycles. The second-order valence-electron chi connectivity index (χ2n) is 4.75. The van der Waals surface area contributed by atoms with Crippen LogP contribution >= 0.6 is 0 Å². The van der Waals surface area contributed by atoms with E-state index in [0.29, 0.717) is 13.2 Å². The van der Waals surface area contributed by atoms with Crippen molar-refractivity contribution in [2.75, 3.05) is 31.6 Å². The lowest BCUT2D eigenvalue weighted by molar-refractivity contribution is -0.114. The number of para-hydroxylation sites is 1. The van der Waals surface area contributed by atoms with Crippen LogP contribution in [0.4, 0.5) is 5.69 Å². The minimum Gasteiger partial charge on any atom is -0.394 e. The van der Waals surface area contributed by atoms with Gasteiger partial charge in [-0.3, -0.25) is 9.69 Å². The van der Waals surface area contributed by atoms with Gasteiger partial charge in [-0.1, -0.05) is 18.2 Å². The summed E-state index contributed by atoms with van der Waals surface area (Å²) in [5.41, 5.74) is 1.93. The molecule has 1 unspecified atom stereocenters. The Morgan fingerprint density at radius 3 is 3.05 bits per heavy atom. The van der Waals surface area contributed by atoms with E-state index >= 15 is 0 Å². The number of anilines is 1. The first-order valence-electron chi connectivity index (χ1n) is 6.49. The first kappa shape index (κ1) is 14.0. The predicted molar refractivity (Wildman–Crippen MR) is 72.8 cm³/mol. The highest BCUT2D eigenvalue weighted by Crippen LogP contribution is 2.18. The fourth-order valence-corrected chi connectivity index (χ4v) is 2.25. The molecule has 0 bridgehead atoms. The minimum atomic E-state index is -0.110. The minimum absolute atomic E-state index is 0.0455. The number of morpholine rings is 1. The van der Waals surface area contributed by atoms with E-state index in [2.05, 4.69) is 10.2 Å². The van der Waals surface area contributed by atoms with Crippen LogP contribution < -0.4 is 5.32 Å². The van der Waals surface area contributed by atoms with Crippen LogP contribution in [0.5, 0.6) is 0 Å². The molecule has 2 rings (SSSR count). The lowest BCUT2D eigenvalue weighted by Crippen LogP contribution is -2.43. The Bertz CT molecular complexity index is 436. The van der Waals surface area contributed by atoms with Crippen molar-refractivity contribution in [3.05, 3.63) is 29.8 Å². The molecule has 19 heavy (non-hydrogen) atoms. The van der Waals surface area contributed by atoms with Crippen LogP contribution in [0.25, 0.3) is 0 Å². The van der Waals surface area contributed by atoms with Gasteiger partial charge in [-0.2, -0.15) is 0 Å². The normalized spacial score (nSPS) is 20.2. The van der Waals surface area contributed by atoms with Gasteiger partial charge in [0.15, 0.2) is 0 Å². The Morgan fingerprint density at radius 1 is 1.53 bits per heavy atom. The standard InChI is InChI=1S/C14H20N2O3/c1-11(18)15-14-5-3-2-4-12(14)8-16-6-7-19-13(9-16)10-17/h2-5,13,17H,6-10H2,1H3,(H,15,18). The van der Waals surface area contributed by atoms with E-state index in [-0.39, 0.29) is 18.6 Å². The molecule has 1 aromatic carbocycles. The zero-order valence-corrected chi connectivity index (χ0v) is 11.1. The predicted octanol–water partition coefficient (Wildman–Crippen LogP) is 0.838. The molecule has 0 saturated carbocycles. The maximum Gasteiger partial charge on any atom is 0.221 e. The molecule has 1 aliphatic heterocycles. The van der Waals surface area contributed by atoms with Gasteiger partial charge < -0.3 is 15.2 Å². The van der Waals surface area contributed by atoms with Gasteiger partial charge in [0.1, 0.15) is 0 Å². The highest BCUT2D eigenvalue weighted by atomic mass is 16.5. The van der Waals surface area contributed by atoms with E-state index in [0.717, 1.165) is 24.3 Å². The summed E-state index contributed by atoms with van der Waals surface area (Å²) in [6, 6.07) is 7.78. The fourth-order valence-electron chi connectivity index (χ4n) is 2.25. The molecule has 1 atom stereocenters. The SMILES string of the molecule is CC(=O)Nc1ccccc1CN1CCOC(CO)C1. The van der Waals surface area contributed by atoms with Crippen LogP contribution in [-0.4, -0.2) is 48.3 Å². The quantitative estimate of drug-likeness (QED) is 0.846. The molecule has 1 aromatic rings. The van der Waals surface area contributed by atoms with E-state index in [1.54, 1.807) is 0 Å². The number of amides is 1. The largest absolute Gasteiger partial charge is 0.394 e. The average Bonchev–Trinajstić information content (AvgIpc) is 2.41. The monoisotopic (exact) mass is 264 g/mol. The summed E-state index contributed by atoms with van der Waals surface area (Å²) in [6.07, 6.45) is -0.110. The summed E-state index contributed by atoms with van der Waals surface area (Å²) in [7, 11) is 0. The molecule has 2 N–H and O–H groups in total. The molecule has 5 nitrogen and oxygen atoms in total. The highest BCUT2D eigenvalue weighted by Gasteiger charge is 2.20. The first-order chi connectivity index (χ1) is 9.19. The molecule has 1 heterocycles. The lowest BCUT2D eigenvalue weighted by atomic mass is 10.1. The maximum absolute atomic E-state index is 11.2. The topological polar surface area (TPSA) is 61.8 Å². The lowest BCUT2D eigenvalue weighted by Gasteiger charge is -2.32. The molecule has 104 valence electrons. The van der Waals surface area contributed by atoms with Crippen molar-refractivity contribution in [3.63, 3.8) is 0 Å². The average molecular weight is 264 g/mol. The Morgan fingerprint density at radius 2 is 2.32 bits per heavy atom. The number of nitrogens with zero attached hydrogens (tertiary/aromatic N) is 1. The Balaban J connectivity index is 2.03. The number of hydrogen-bond acceptors (Lipinski definition) is 4. The Labute approximate surface area is 113 Å². The number of hydrogen-bond donors (Lipinski definition) is 2.